The van der Waals surface area contributed by atoms with Gasteiger partial charge in [-0.1, -0.05) is 6.07 Å². The Balaban J connectivity index is 1.50. The van der Waals surface area contributed by atoms with Gasteiger partial charge in [-0.25, -0.2) is 4.68 Å². The van der Waals surface area contributed by atoms with Gasteiger partial charge in [-0.15, -0.1) is 5.10 Å². The number of fused-ring (bicyclic) bond motifs is 1. The quantitative estimate of drug-likeness (QED) is 0.696. The standard InChI is InChI=1S/C21H21N5O3/c1-12-4-7-15(10-13(12)2)22-18(27)11-17-20(28)24-21-23-19(25-26(17)21)14-5-8-16(29-3)9-6-14/h4-10,17H,11H2,1-3H3,(H,22,27)(H,23,24,25,28). The predicted octanol–water partition coefficient (Wildman–Crippen LogP) is 3.09. The zero-order valence-electron chi connectivity index (χ0n) is 16.4. The largest absolute Gasteiger partial charge is 0.497 e. The third-order valence-corrected chi connectivity index (χ3v) is 4.98. The number of rotatable bonds is 5. The van der Waals surface area contributed by atoms with E-state index in [0.29, 0.717) is 17.5 Å². The number of anilines is 2. The van der Waals surface area contributed by atoms with Crippen LogP contribution in [0.4, 0.5) is 11.6 Å². The van der Waals surface area contributed by atoms with Crippen LogP contribution in [0.25, 0.3) is 11.4 Å². The lowest BCUT2D eigenvalue weighted by molar-refractivity contribution is -0.123. The molecule has 1 unspecified atom stereocenters. The summed E-state index contributed by atoms with van der Waals surface area (Å²) in [6, 6.07) is 12.3. The average Bonchev–Trinajstić information content (AvgIpc) is 3.23. The van der Waals surface area contributed by atoms with Gasteiger partial charge in [0, 0.05) is 11.3 Å². The zero-order valence-corrected chi connectivity index (χ0v) is 16.4. The first kappa shape index (κ1) is 18.7. The maximum absolute atomic E-state index is 12.5. The molecule has 0 spiro atoms. The third-order valence-electron chi connectivity index (χ3n) is 4.98. The third kappa shape index (κ3) is 3.69. The smallest absolute Gasteiger partial charge is 0.252 e. The molecule has 3 aromatic rings. The van der Waals surface area contributed by atoms with E-state index in [2.05, 4.69) is 20.7 Å². The highest BCUT2D eigenvalue weighted by Gasteiger charge is 2.35. The van der Waals surface area contributed by atoms with Crippen molar-refractivity contribution < 1.29 is 14.3 Å². The Hall–Kier alpha value is -3.68. The van der Waals surface area contributed by atoms with Gasteiger partial charge in [-0.05, 0) is 61.4 Å². The number of amides is 2. The Morgan fingerprint density at radius 2 is 1.93 bits per heavy atom. The second-order valence-corrected chi connectivity index (χ2v) is 6.99. The van der Waals surface area contributed by atoms with Gasteiger partial charge in [0.05, 0.1) is 13.5 Å². The van der Waals surface area contributed by atoms with Crippen molar-refractivity contribution in [1.29, 1.82) is 0 Å². The van der Waals surface area contributed by atoms with Crippen LogP contribution in [0.2, 0.25) is 0 Å². The number of ether oxygens (including phenoxy) is 1. The molecule has 2 heterocycles. The summed E-state index contributed by atoms with van der Waals surface area (Å²) in [5.74, 6) is 0.987. The van der Waals surface area contributed by atoms with Crippen molar-refractivity contribution in [3.05, 3.63) is 53.6 Å². The number of carbonyl (C=O) groups excluding carboxylic acids is 2. The van der Waals surface area contributed by atoms with Gasteiger partial charge in [-0.2, -0.15) is 4.98 Å². The van der Waals surface area contributed by atoms with Crippen LogP contribution in [-0.4, -0.2) is 33.7 Å². The molecule has 1 aromatic heterocycles. The Bertz CT molecular complexity index is 1090. The van der Waals surface area contributed by atoms with E-state index in [1.807, 2.05) is 56.3 Å². The molecule has 29 heavy (non-hydrogen) atoms. The fourth-order valence-corrected chi connectivity index (χ4v) is 3.18. The molecule has 0 radical (unpaired) electrons. The maximum Gasteiger partial charge on any atom is 0.252 e. The number of hydrogen-bond donors (Lipinski definition) is 2. The Morgan fingerprint density at radius 3 is 2.62 bits per heavy atom. The predicted molar refractivity (Wildman–Crippen MR) is 109 cm³/mol. The van der Waals surface area contributed by atoms with Crippen LogP contribution in [0.1, 0.15) is 23.6 Å². The molecule has 8 heteroatoms. The molecule has 2 amide bonds. The van der Waals surface area contributed by atoms with Gasteiger partial charge < -0.3 is 10.1 Å². The lowest BCUT2D eigenvalue weighted by Crippen LogP contribution is -2.23. The first-order valence-corrected chi connectivity index (χ1v) is 9.23. The first-order valence-electron chi connectivity index (χ1n) is 9.23. The number of benzene rings is 2. The molecule has 148 valence electrons. The average molecular weight is 391 g/mol. The Labute approximate surface area is 167 Å². The van der Waals surface area contributed by atoms with Crippen molar-refractivity contribution in [2.75, 3.05) is 17.7 Å². The van der Waals surface area contributed by atoms with E-state index in [1.165, 1.54) is 4.68 Å². The summed E-state index contributed by atoms with van der Waals surface area (Å²) in [7, 11) is 1.60. The summed E-state index contributed by atoms with van der Waals surface area (Å²) >= 11 is 0. The van der Waals surface area contributed by atoms with Gasteiger partial charge in [-0.3, -0.25) is 14.9 Å². The minimum atomic E-state index is -0.740. The number of aromatic nitrogens is 3. The molecule has 0 saturated heterocycles. The summed E-state index contributed by atoms with van der Waals surface area (Å²) in [5, 5.41) is 9.97. The molecule has 4 rings (SSSR count). The SMILES string of the molecule is COc1ccc(-c2nc3n(n2)C(CC(=O)Nc2ccc(C)c(C)c2)C(=O)N3)cc1. The van der Waals surface area contributed by atoms with E-state index >= 15 is 0 Å². The van der Waals surface area contributed by atoms with Crippen molar-refractivity contribution in [2.24, 2.45) is 0 Å². The van der Waals surface area contributed by atoms with Gasteiger partial charge in [0.25, 0.3) is 5.91 Å². The van der Waals surface area contributed by atoms with Gasteiger partial charge in [0.1, 0.15) is 11.8 Å². The van der Waals surface area contributed by atoms with Crippen molar-refractivity contribution in [3.63, 3.8) is 0 Å². The lowest BCUT2D eigenvalue weighted by atomic mass is 10.1. The van der Waals surface area contributed by atoms with Crippen LogP contribution in [-0.2, 0) is 9.59 Å². The van der Waals surface area contributed by atoms with Crippen LogP contribution in [0.15, 0.2) is 42.5 Å². The molecular weight excluding hydrogens is 370 g/mol. The van der Waals surface area contributed by atoms with Crippen LogP contribution in [0.3, 0.4) is 0 Å². The van der Waals surface area contributed by atoms with E-state index < -0.39 is 6.04 Å². The Kier molecular flexibility index (Phi) is 4.75. The number of nitrogens with zero attached hydrogens (tertiary/aromatic N) is 3. The van der Waals surface area contributed by atoms with Crippen molar-refractivity contribution in [2.45, 2.75) is 26.3 Å². The fourth-order valence-electron chi connectivity index (χ4n) is 3.18. The molecule has 0 fully saturated rings. The number of methoxy groups -OCH3 is 1. The van der Waals surface area contributed by atoms with E-state index in [0.717, 1.165) is 22.4 Å². The summed E-state index contributed by atoms with van der Waals surface area (Å²) in [6.07, 6.45) is -0.0306. The summed E-state index contributed by atoms with van der Waals surface area (Å²) in [4.78, 5) is 29.2. The number of hydrogen-bond acceptors (Lipinski definition) is 5. The minimum absolute atomic E-state index is 0.0306. The normalized spacial score (nSPS) is 15.0. The molecule has 1 aliphatic heterocycles. The van der Waals surface area contributed by atoms with Crippen LogP contribution < -0.4 is 15.4 Å². The second-order valence-electron chi connectivity index (χ2n) is 6.99. The highest BCUT2D eigenvalue weighted by molar-refractivity contribution is 6.01. The van der Waals surface area contributed by atoms with E-state index in [9.17, 15) is 9.59 Å². The molecule has 8 nitrogen and oxygen atoms in total. The monoisotopic (exact) mass is 391 g/mol. The maximum atomic E-state index is 12.5. The topological polar surface area (TPSA) is 98.1 Å². The van der Waals surface area contributed by atoms with Crippen molar-refractivity contribution in [1.82, 2.24) is 14.8 Å². The molecule has 1 aliphatic rings. The first-order chi connectivity index (χ1) is 13.9. The van der Waals surface area contributed by atoms with Crippen molar-refractivity contribution >= 4 is 23.5 Å². The van der Waals surface area contributed by atoms with E-state index in [-0.39, 0.29) is 18.2 Å². The lowest BCUT2D eigenvalue weighted by Gasteiger charge is -2.11. The Morgan fingerprint density at radius 1 is 1.17 bits per heavy atom. The number of carbonyl (C=O) groups is 2. The molecular formula is C21H21N5O3. The second kappa shape index (κ2) is 7.38. The van der Waals surface area contributed by atoms with Gasteiger partial charge in [0.2, 0.25) is 11.9 Å². The minimum Gasteiger partial charge on any atom is -0.497 e. The van der Waals surface area contributed by atoms with Crippen LogP contribution in [0.5, 0.6) is 5.75 Å². The van der Waals surface area contributed by atoms with Crippen LogP contribution >= 0.6 is 0 Å². The zero-order chi connectivity index (χ0) is 20.5. The van der Waals surface area contributed by atoms with E-state index in [1.54, 1.807) is 7.11 Å². The highest BCUT2D eigenvalue weighted by atomic mass is 16.5. The highest BCUT2D eigenvalue weighted by Crippen LogP contribution is 2.29. The molecule has 0 aliphatic carbocycles. The molecule has 2 N–H and O–H groups in total. The van der Waals surface area contributed by atoms with Crippen molar-refractivity contribution in [3.8, 4) is 17.1 Å². The van der Waals surface area contributed by atoms with Crippen LogP contribution in [0, 0.1) is 13.8 Å². The molecule has 2 aromatic carbocycles. The van der Waals surface area contributed by atoms with Gasteiger partial charge in [0.15, 0.2) is 5.82 Å². The summed E-state index contributed by atoms with van der Waals surface area (Å²) < 4.78 is 6.63. The summed E-state index contributed by atoms with van der Waals surface area (Å²) in [6.45, 7) is 3.99. The molecule has 0 saturated carbocycles. The summed E-state index contributed by atoms with van der Waals surface area (Å²) in [5.41, 5.74) is 3.73. The van der Waals surface area contributed by atoms with Gasteiger partial charge >= 0.3 is 0 Å². The van der Waals surface area contributed by atoms with E-state index in [4.69, 9.17) is 4.74 Å². The number of nitrogens with one attached hydrogen (secondary N) is 2. The number of aryl methyl sites for hydroxylation is 2. The molecule has 0 bridgehead atoms. The molecule has 1 atom stereocenters. The fraction of sp³-hybridized carbons (Fsp3) is 0.238.